The van der Waals surface area contributed by atoms with E-state index in [4.69, 9.17) is 4.18 Å². The molecule has 0 atom stereocenters. The summed E-state index contributed by atoms with van der Waals surface area (Å²) in [4.78, 5) is 22.6. The quantitative estimate of drug-likeness (QED) is 0.123. The first-order valence-corrected chi connectivity index (χ1v) is 11.9. The molecular weight excluding hydrogens is 482 g/mol. The predicted octanol–water partition coefficient (Wildman–Crippen LogP) is 5.06. The van der Waals surface area contributed by atoms with Crippen LogP contribution in [0.5, 0.6) is 5.75 Å². The topological polar surface area (TPSA) is 139 Å². The number of nitrogens with one attached hydrogen (secondary N) is 1. The smallest absolute Gasteiger partial charge is 0.339 e. The van der Waals surface area contributed by atoms with Gasteiger partial charge in [-0.15, -0.1) is 0 Å². The maximum absolute atomic E-state index is 12.8. The molecule has 1 N–H and O–H groups in total. The Hall–Kier alpha value is -5.01. The van der Waals surface area contributed by atoms with Crippen molar-refractivity contribution in [1.82, 2.24) is 0 Å². The number of non-ortho nitro benzene ring substituents is 1. The Labute approximate surface area is 206 Å². The predicted molar refractivity (Wildman–Crippen MR) is 134 cm³/mol. The summed E-state index contributed by atoms with van der Waals surface area (Å²) >= 11 is 0. The second-order valence-corrected chi connectivity index (χ2v) is 9.06. The Morgan fingerprint density at radius 3 is 2.42 bits per heavy atom. The Bertz CT molecular complexity index is 1670. The number of fused-ring (bicyclic) bond motifs is 1. The number of nitro benzene ring substituents is 1. The molecule has 4 aromatic carbocycles. The van der Waals surface area contributed by atoms with E-state index in [1.54, 1.807) is 18.2 Å². The fourth-order valence-corrected chi connectivity index (χ4v) is 4.36. The van der Waals surface area contributed by atoms with E-state index in [0.717, 1.165) is 22.9 Å². The van der Waals surface area contributed by atoms with Gasteiger partial charge < -0.3 is 9.50 Å². The molecule has 0 heterocycles. The second kappa shape index (κ2) is 10.1. The van der Waals surface area contributed by atoms with E-state index in [1.165, 1.54) is 36.4 Å². The molecule has 0 aliphatic carbocycles. The van der Waals surface area contributed by atoms with Crippen molar-refractivity contribution in [1.29, 1.82) is 5.26 Å². The van der Waals surface area contributed by atoms with Crippen LogP contribution in [-0.4, -0.2) is 19.2 Å². The van der Waals surface area contributed by atoms with Crippen LogP contribution in [0.3, 0.4) is 0 Å². The standard InChI is InChI=1S/C26H17N3O6S/c27-17-21(26(30)28-22-13-12-18-6-1-2-7-19(18)15-22)14-20-8-3-4-11-25(20)35-36(33,34)24-10-5-9-23(16-24)29(31)32/h1-16H,(H,28,30)/b21-14+. The van der Waals surface area contributed by atoms with Crippen LogP contribution in [0.1, 0.15) is 5.56 Å². The van der Waals surface area contributed by atoms with Gasteiger partial charge >= 0.3 is 10.1 Å². The number of nitro groups is 1. The van der Waals surface area contributed by atoms with Crippen LogP contribution >= 0.6 is 0 Å². The SMILES string of the molecule is N#C/C(=C\c1ccccc1OS(=O)(=O)c1cccc([N+](=O)[O-])c1)C(=O)Nc1ccc2ccccc2c1. The van der Waals surface area contributed by atoms with Crippen molar-refractivity contribution in [2.75, 3.05) is 5.32 Å². The highest BCUT2D eigenvalue weighted by molar-refractivity contribution is 7.87. The summed E-state index contributed by atoms with van der Waals surface area (Å²) in [7, 11) is -4.44. The molecule has 0 saturated heterocycles. The van der Waals surface area contributed by atoms with Gasteiger partial charge in [0.05, 0.1) is 4.92 Å². The third-order valence-electron chi connectivity index (χ3n) is 5.11. The molecule has 4 rings (SSSR count). The minimum Gasteiger partial charge on any atom is -0.378 e. The third kappa shape index (κ3) is 5.38. The van der Waals surface area contributed by atoms with Gasteiger partial charge in [0.25, 0.3) is 11.6 Å². The largest absolute Gasteiger partial charge is 0.378 e. The molecule has 4 aromatic rings. The molecule has 0 fully saturated rings. The van der Waals surface area contributed by atoms with Gasteiger partial charge in [-0.05, 0) is 41.1 Å². The van der Waals surface area contributed by atoms with Crippen molar-refractivity contribution in [3.63, 3.8) is 0 Å². The number of benzene rings is 4. The molecule has 178 valence electrons. The summed E-state index contributed by atoms with van der Waals surface area (Å²) in [5, 5.41) is 25.1. The monoisotopic (exact) mass is 499 g/mol. The summed E-state index contributed by atoms with van der Waals surface area (Å²) in [5.74, 6) is -0.848. The van der Waals surface area contributed by atoms with Gasteiger partial charge in [0.15, 0.2) is 0 Å². The molecule has 0 spiro atoms. The number of nitrogens with zero attached hydrogens (tertiary/aromatic N) is 2. The molecule has 0 aliphatic heterocycles. The lowest BCUT2D eigenvalue weighted by Gasteiger charge is -2.10. The minimum absolute atomic E-state index is 0.150. The average Bonchev–Trinajstić information content (AvgIpc) is 2.88. The Morgan fingerprint density at radius 1 is 0.944 bits per heavy atom. The maximum Gasteiger partial charge on any atom is 0.339 e. The van der Waals surface area contributed by atoms with Crippen LogP contribution in [-0.2, 0) is 14.9 Å². The van der Waals surface area contributed by atoms with Crippen LogP contribution in [0.2, 0.25) is 0 Å². The normalized spacial score (nSPS) is 11.5. The maximum atomic E-state index is 12.8. The summed E-state index contributed by atoms with van der Waals surface area (Å²) in [6, 6.07) is 25.1. The lowest BCUT2D eigenvalue weighted by Crippen LogP contribution is -2.14. The molecule has 9 nitrogen and oxygen atoms in total. The first kappa shape index (κ1) is 24.1. The van der Waals surface area contributed by atoms with Crippen molar-refractivity contribution in [2.45, 2.75) is 4.90 Å². The fourth-order valence-electron chi connectivity index (χ4n) is 3.36. The Morgan fingerprint density at radius 2 is 1.67 bits per heavy atom. The molecule has 0 saturated carbocycles. The molecule has 0 aromatic heterocycles. The van der Waals surface area contributed by atoms with E-state index < -0.39 is 31.5 Å². The zero-order valence-corrected chi connectivity index (χ0v) is 19.3. The lowest BCUT2D eigenvalue weighted by molar-refractivity contribution is -0.385. The molecule has 1 amide bonds. The summed E-state index contributed by atoms with van der Waals surface area (Å²) in [6.07, 6.45) is 1.20. The van der Waals surface area contributed by atoms with Crippen molar-refractivity contribution in [2.24, 2.45) is 0 Å². The number of hydrogen-bond acceptors (Lipinski definition) is 7. The number of para-hydroxylation sites is 1. The van der Waals surface area contributed by atoms with Crippen LogP contribution in [0.4, 0.5) is 11.4 Å². The van der Waals surface area contributed by atoms with E-state index in [2.05, 4.69) is 5.32 Å². The zero-order valence-electron chi connectivity index (χ0n) is 18.5. The first-order valence-electron chi connectivity index (χ1n) is 10.5. The van der Waals surface area contributed by atoms with Gasteiger partial charge in [-0.3, -0.25) is 14.9 Å². The van der Waals surface area contributed by atoms with E-state index >= 15 is 0 Å². The highest BCUT2D eigenvalue weighted by atomic mass is 32.2. The number of carbonyl (C=O) groups is 1. The zero-order chi connectivity index (χ0) is 25.7. The second-order valence-electron chi connectivity index (χ2n) is 7.52. The van der Waals surface area contributed by atoms with E-state index in [0.29, 0.717) is 5.69 Å². The number of nitriles is 1. The molecule has 10 heteroatoms. The molecule has 0 radical (unpaired) electrons. The number of carbonyl (C=O) groups excluding carboxylic acids is 1. The summed E-state index contributed by atoms with van der Waals surface area (Å²) in [5.41, 5.74) is -0.0636. The Balaban J connectivity index is 1.61. The highest BCUT2D eigenvalue weighted by Crippen LogP contribution is 2.27. The summed E-state index contributed by atoms with van der Waals surface area (Å²) < 4.78 is 30.7. The number of anilines is 1. The van der Waals surface area contributed by atoms with Crippen molar-refractivity contribution >= 4 is 44.2 Å². The van der Waals surface area contributed by atoms with Crippen molar-refractivity contribution in [3.05, 3.63) is 112 Å². The van der Waals surface area contributed by atoms with Crippen LogP contribution in [0.25, 0.3) is 16.8 Å². The summed E-state index contributed by atoms with van der Waals surface area (Å²) in [6.45, 7) is 0. The van der Waals surface area contributed by atoms with Crippen LogP contribution < -0.4 is 9.50 Å². The number of hydrogen-bond donors (Lipinski definition) is 1. The molecule has 0 unspecified atom stereocenters. The Kier molecular flexibility index (Phi) is 6.76. The lowest BCUT2D eigenvalue weighted by atomic mass is 10.1. The average molecular weight is 500 g/mol. The number of amides is 1. The van der Waals surface area contributed by atoms with Crippen molar-refractivity contribution < 1.29 is 22.3 Å². The molecule has 36 heavy (non-hydrogen) atoms. The molecule has 0 aliphatic rings. The van der Waals surface area contributed by atoms with Gasteiger partial charge in [-0.1, -0.05) is 54.6 Å². The number of rotatable bonds is 7. The van der Waals surface area contributed by atoms with Gasteiger partial charge in [-0.25, -0.2) is 0 Å². The van der Waals surface area contributed by atoms with Gasteiger partial charge in [0.1, 0.15) is 22.3 Å². The van der Waals surface area contributed by atoms with Gasteiger partial charge in [0.2, 0.25) is 0 Å². The molecular formula is C26H17N3O6S. The van der Waals surface area contributed by atoms with Gasteiger partial charge in [-0.2, -0.15) is 13.7 Å². The molecule has 0 bridgehead atoms. The third-order valence-corrected chi connectivity index (χ3v) is 6.34. The fraction of sp³-hybridized carbons (Fsp3) is 0. The van der Waals surface area contributed by atoms with Crippen molar-refractivity contribution in [3.8, 4) is 11.8 Å². The van der Waals surface area contributed by atoms with E-state index in [-0.39, 0.29) is 16.9 Å². The first-order chi connectivity index (χ1) is 17.3. The van der Waals surface area contributed by atoms with Gasteiger partial charge in [0, 0.05) is 23.4 Å². The van der Waals surface area contributed by atoms with E-state index in [1.807, 2.05) is 36.4 Å². The van der Waals surface area contributed by atoms with E-state index in [9.17, 15) is 28.6 Å². The van der Waals surface area contributed by atoms with Crippen LogP contribution in [0.15, 0.2) is 101 Å². The highest BCUT2D eigenvalue weighted by Gasteiger charge is 2.21. The van der Waals surface area contributed by atoms with Crippen LogP contribution in [0, 0.1) is 21.4 Å². The minimum atomic E-state index is -4.44.